The first kappa shape index (κ1) is 61.7. The molecule has 370 valence electrons. The summed E-state index contributed by atoms with van der Waals surface area (Å²) in [5, 5.41) is 0. The van der Waals surface area contributed by atoms with E-state index in [1.807, 2.05) is 12.2 Å². The van der Waals surface area contributed by atoms with Crippen LogP contribution in [0.1, 0.15) is 219 Å². The third-order valence-corrected chi connectivity index (χ3v) is 11.8. The highest BCUT2D eigenvalue weighted by Crippen LogP contribution is 2.43. The van der Waals surface area contributed by atoms with Crippen molar-refractivity contribution in [2.24, 2.45) is 5.73 Å². The molecule has 3 N–H and O–H groups in total. The SMILES string of the molecule is CC/C=C\C/C=C\C/C=C\C/C=C\C/C=C\C/C=C\CCC(=O)OC(COCCCCCCCCCCCCCCCC/C=C\CCCCCCCCCC)COP(=O)(O)OCCN. The standard InChI is InChI=1S/C55H98NO7P/c1-3-5-7-9-11-13-15-17-19-21-23-24-25-26-27-28-29-31-33-35-37-39-41-43-45-47-50-60-52-54(53-62-64(58,59)61-51-49-56)63-55(57)48-46-44-42-40-38-36-34-32-30-22-20-18-16-14-12-10-8-6-4-2/h6,8,12,14,18,20-21,23,30,32,36,38,42,44,54H,3-5,7,9-11,13,15-17,19,22,24-29,31,33-35,37,39-41,43,45-53,56H2,1-2H3,(H,58,59)/b8-6-,14-12-,20-18-,23-21-,32-30-,38-36-,44-42-. The Kier molecular flexibility index (Phi) is 49.8. The molecule has 0 aromatic rings. The number of phosphoric ester groups is 1. The lowest BCUT2D eigenvalue weighted by molar-refractivity contribution is -0.154. The maximum Gasteiger partial charge on any atom is 0.472 e. The highest BCUT2D eigenvalue weighted by molar-refractivity contribution is 7.47. The quantitative estimate of drug-likeness (QED) is 0.0268. The molecule has 0 spiro atoms. The second-order valence-electron chi connectivity index (χ2n) is 17.0. The lowest BCUT2D eigenvalue weighted by atomic mass is 10.0. The van der Waals surface area contributed by atoms with Crippen LogP contribution in [0.3, 0.4) is 0 Å². The van der Waals surface area contributed by atoms with E-state index in [0.29, 0.717) is 13.0 Å². The van der Waals surface area contributed by atoms with Crippen molar-refractivity contribution in [2.75, 3.05) is 33.0 Å². The fraction of sp³-hybridized carbons (Fsp3) is 0.727. The molecule has 0 saturated carbocycles. The van der Waals surface area contributed by atoms with Gasteiger partial charge in [-0.3, -0.25) is 13.8 Å². The fourth-order valence-electron chi connectivity index (χ4n) is 7.02. The van der Waals surface area contributed by atoms with E-state index in [2.05, 4.69) is 86.8 Å². The van der Waals surface area contributed by atoms with Gasteiger partial charge in [0, 0.05) is 19.6 Å². The number of allylic oxidation sites excluding steroid dienone is 14. The lowest BCUT2D eigenvalue weighted by Gasteiger charge is -2.20. The zero-order chi connectivity index (χ0) is 46.5. The molecule has 9 heteroatoms. The summed E-state index contributed by atoms with van der Waals surface area (Å²) in [7, 11) is -4.31. The van der Waals surface area contributed by atoms with Gasteiger partial charge in [0.1, 0.15) is 6.10 Å². The predicted molar refractivity (Wildman–Crippen MR) is 275 cm³/mol. The minimum atomic E-state index is -4.31. The number of nitrogens with two attached hydrogens (primary N) is 1. The third kappa shape index (κ3) is 50.7. The summed E-state index contributed by atoms with van der Waals surface area (Å²) < 4.78 is 33.5. The van der Waals surface area contributed by atoms with Crippen LogP contribution in [0.15, 0.2) is 85.1 Å². The Balaban J connectivity index is 4.00. The van der Waals surface area contributed by atoms with E-state index < -0.39 is 19.9 Å². The Labute approximate surface area is 394 Å². The van der Waals surface area contributed by atoms with Crippen LogP contribution in [-0.4, -0.2) is 49.9 Å². The number of ether oxygens (including phenoxy) is 2. The van der Waals surface area contributed by atoms with E-state index in [4.69, 9.17) is 24.3 Å². The van der Waals surface area contributed by atoms with E-state index in [1.165, 1.54) is 141 Å². The van der Waals surface area contributed by atoms with Crippen molar-refractivity contribution in [3.8, 4) is 0 Å². The molecule has 0 aromatic heterocycles. The number of carbonyl (C=O) groups excluding carboxylic acids is 1. The normalized spacial score (nSPS) is 14.0. The van der Waals surface area contributed by atoms with Gasteiger partial charge in [-0.1, -0.05) is 221 Å². The van der Waals surface area contributed by atoms with Crippen molar-refractivity contribution in [3.05, 3.63) is 85.1 Å². The molecule has 0 rings (SSSR count). The minimum Gasteiger partial charge on any atom is -0.457 e. The smallest absolute Gasteiger partial charge is 0.457 e. The van der Waals surface area contributed by atoms with Gasteiger partial charge in [0.05, 0.1) is 19.8 Å². The van der Waals surface area contributed by atoms with Crippen LogP contribution in [0.4, 0.5) is 0 Å². The molecule has 2 atom stereocenters. The zero-order valence-corrected chi connectivity index (χ0v) is 42.1. The Morgan fingerprint density at radius 1 is 0.484 bits per heavy atom. The van der Waals surface area contributed by atoms with Crippen molar-refractivity contribution in [2.45, 2.75) is 225 Å². The second kappa shape index (κ2) is 51.7. The van der Waals surface area contributed by atoms with Crippen LogP contribution in [0.2, 0.25) is 0 Å². The Bertz CT molecular complexity index is 1260. The van der Waals surface area contributed by atoms with Crippen molar-refractivity contribution < 1.29 is 32.8 Å². The Morgan fingerprint density at radius 2 is 0.875 bits per heavy atom. The van der Waals surface area contributed by atoms with E-state index in [-0.39, 0.29) is 32.8 Å². The molecule has 0 heterocycles. The molecule has 0 aromatic carbocycles. The lowest BCUT2D eigenvalue weighted by Crippen LogP contribution is -2.28. The average Bonchev–Trinajstić information content (AvgIpc) is 3.29. The maximum absolute atomic E-state index is 12.6. The van der Waals surface area contributed by atoms with Gasteiger partial charge in [0.15, 0.2) is 0 Å². The molecule has 64 heavy (non-hydrogen) atoms. The van der Waals surface area contributed by atoms with Crippen LogP contribution in [0.5, 0.6) is 0 Å². The van der Waals surface area contributed by atoms with Crippen LogP contribution >= 0.6 is 7.82 Å². The summed E-state index contributed by atoms with van der Waals surface area (Å²) in [5.74, 6) is -0.412. The largest absolute Gasteiger partial charge is 0.472 e. The second-order valence-corrected chi connectivity index (χ2v) is 18.5. The highest BCUT2D eigenvalue weighted by atomic mass is 31.2. The third-order valence-electron chi connectivity index (χ3n) is 10.8. The maximum atomic E-state index is 12.6. The molecule has 0 saturated heterocycles. The molecule has 0 aliphatic heterocycles. The molecule has 0 fully saturated rings. The van der Waals surface area contributed by atoms with Crippen molar-refractivity contribution in [3.63, 3.8) is 0 Å². The van der Waals surface area contributed by atoms with Crippen LogP contribution in [0.25, 0.3) is 0 Å². The Hall–Kier alpha value is -2.32. The Morgan fingerprint density at radius 3 is 1.31 bits per heavy atom. The van der Waals surface area contributed by atoms with Gasteiger partial charge in [0.25, 0.3) is 0 Å². The van der Waals surface area contributed by atoms with Gasteiger partial charge in [-0.25, -0.2) is 4.57 Å². The van der Waals surface area contributed by atoms with E-state index in [1.54, 1.807) is 0 Å². The molecule has 0 radical (unpaired) electrons. The summed E-state index contributed by atoms with van der Waals surface area (Å²) in [6.45, 7) is 4.71. The summed E-state index contributed by atoms with van der Waals surface area (Å²) in [6, 6.07) is 0. The summed E-state index contributed by atoms with van der Waals surface area (Å²) in [5.41, 5.74) is 5.38. The highest BCUT2D eigenvalue weighted by Gasteiger charge is 2.25. The molecular formula is C55H98NO7P. The summed E-state index contributed by atoms with van der Waals surface area (Å²) in [4.78, 5) is 22.5. The summed E-state index contributed by atoms with van der Waals surface area (Å²) >= 11 is 0. The first-order valence-corrected chi connectivity index (χ1v) is 27.6. The van der Waals surface area contributed by atoms with Gasteiger partial charge in [0.2, 0.25) is 0 Å². The van der Waals surface area contributed by atoms with Gasteiger partial charge < -0.3 is 20.1 Å². The van der Waals surface area contributed by atoms with Gasteiger partial charge in [-0.15, -0.1) is 0 Å². The van der Waals surface area contributed by atoms with E-state index in [9.17, 15) is 14.3 Å². The number of hydrogen-bond donors (Lipinski definition) is 2. The number of esters is 1. The van der Waals surface area contributed by atoms with Gasteiger partial charge >= 0.3 is 13.8 Å². The topological polar surface area (TPSA) is 117 Å². The number of hydrogen-bond acceptors (Lipinski definition) is 7. The zero-order valence-electron chi connectivity index (χ0n) is 41.2. The van der Waals surface area contributed by atoms with E-state index in [0.717, 1.165) is 51.4 Å². The average molecular weight is 916 g/mol. The molecule has 2 unspecified atom stereocenters. The van der Waals surface area contributed by atoms with Gasteiger partial charge in [-0.05, 0) is 77.0 Å². The van der Waals surface area contributed by atoms with Crippen molar-refractivity contribution >= 4 is 13.8 Å². The summed E-state index contributed by atoms with van der Waals surface area (Å²) in [6.07, 6.45) is 67.9. The molecule has 8 nitrogen and oxygen atoms in total. The molecule has 0 amide bonds. The monoisotopic (exact) mass is 916 g/mol. The van der Waals surface area contributed by atoms with Crippen molar-refractivity contribution in [1.29, 1.82) is 0 Å². The first-order valence-electron chi connectivity index (χ1n) is 26.1. The van der Waals surface area contributed by atoms with Crippen LogP contribution < -0.4 is 5.73 Å². The molecule has 0 bridgehead atoms. The van der Waals surface area contributed by atoms with Crippen LogP contribution in [0, 0.1) is 0 Å². The van der Waals surface area contributed by atoms with Crippen molar-refractivity contribution in [1.82, 2.24) is 0 Å². The van der Waals surface area contributed by atoms with E-state index >= 15 is 0 Å². The molecule has 0 aliphatic rings. The molecule has 0 aliphatic carbocycles. The van der Waals surface area contributed by atoms with Crippen LogP contribution in [-0.2, 0) is 27.9 Å². The number of carbonyl (C=O) groups is 1. The van der Waals surface area contributed by atoms with Gasteiger partial charge in [-0.2, -0.15) is 0 Å². The first-order chi connectivity index (χ1) is 31.4. The predicted octanol–water partition coefficient (Wildman–Crippen LogP) is 16.4. The number of rotatable bonds is 49. The molecular weight excluding hydrogens is 818 g/mol. The fourth-order valence-corrected chi connectivity index (χ4v) is 7.78. The number of phosphoric acid groups is 1. The number of unbranched alkanes of at least 4 members (excludes halogenated alkanes) is 22. The minimum absolute atomic E-state index is 0.0827.